The summed E-state index contributed by atoms with van der Waals surface area (Å²) in [5, 5.41) is 0. The van der Waals surface area contributed by atoms with Crippen LogP contribution in [-0.4, -0.2) is 37.7 Å². The lowest BCUT2D eigenvalue weighted by Gasteiger charge is -2.32. The first kappa shape index (κ1) is 26.4. The second kappa shape index (κ2) is 9.98. The number of carbonyl (C=O) groups excluding carboxylic acids is 2. The summed E-state index contributed by atoms with van der Waals surface area (Å²) in [5.74, 6) is -2.95. The molecule has 206 valence electrons. The van der Waals surface area contributed by atoms with Crippen molar-refractivity contribution in [3.63, 3.8) is 0 Å². The minimum atomic E-state index is -4.12. The molecular weight excluding hydrogens is 531 g/mol. The van der Waals surface area contributed by atoms with Crippen molar-refractivity contribution in [1.82, 2.24) is 4.31 Å². The quantitative estimate of drug-likeness (QED) is 0.397. The van der Waals surface area contributed by atoms with Crippen LogP contribution in [0, 0.1) is 30.5 Å². The summed E-state index contributed by atoms with van der Waals surface area (Å²) in [4.78, 5) is 28.9. The molecule has 0 radical (unpaired) electrons. The number of aryl methyl sites for hydroxylation is 1. The minimum Gasteiger partial charge on any atom is -0.498 e. The number of halogens is 1. The van der Waals surface area contributed by atoms with Crippen LogP contribution >= 0.6 is 0 Å². The van der Waals surface area contributed by atoms with Crippen molar-refractivity contribution >= 4 is 27.5 Å². The molecule has 40 heavy (non-hydrogen) atoms. The second-order valence-electron chi connectivity index (χ2n) is 10.4. The van der Waals surface area contributed by atoms with Gasteiger partial charge >= 0.3 is 0 Å². The number of carbonyl (C=O) groups is 2. The number of benzene rings is 3. The lowest BCUT2D eigenvalue weighted by Crippen LogP contribution is -2.35. The number of anilines is 1. The van der Waals surface area contributed by atoms with Crippen LogP contribution < -0.4 is 4.90 Å². The summed E-state index contributed by atoms with van der Waals surface area (Å²) in [6.07, 6.45) is 0.140. The van der Waals surface area contributed by atoms with E-state index in [2.05, 4.69) is 0 Å². The number of para-hydroxylation sites is 1. The Balaban J connectivity index is 1.53. The Kier molecular flexibility index (Phi) is 6.59. The molecule has 9 heteroatoms. The molecule has 0 unspecified atom stereocenters. The maximum Gasteiger partial charge on any atom is 0.243 e. The number of hydrogen-bond acceptors (Lipinski definition) is 5. The number of ether oxygens (including phenoxy) is 1. The van der Waals surface area contributed by atoms with Crippen LogP contribution in [0.25, 0.3) is 0 Å². The van der Waals surface area contributed by atoms with Gasteiger partial charge in [-0.2, -0.15) is 4.31 Å². The average Bonchev–Trinajstić information content (AvgIpc) is 3.46. The molecule has 2 heterocycles. The predicted octanol–water partition coefficient (Wildman–Crippen LogP) is 5.00. The van der Waals surface area contributed by atoms with Crippen LogP contribution in [0.2, 0.25) is 0 Å². The summed E-state index contributed by atoms with van der Waals surface area (Å²) in [5.41, 5.74) is 2.11. The average molecular weight is 561 g/mol. The van der Waals surface area contributed by atoms with Gasteiger partial charge in [0.05, 0.1) is 40.8 Å². The molecule has 1 aliphatic carbocycles. The largest absolute Gasteiger partial charge is 0.498 e. The van der Waals surface area contributed by atoms with Gasteiger partial charge in [0.1, 0.15) is 5.82 Å². The zero-order valence-corrected chi connectivity index (χ0v) is 23.0. The SMILES string of the molecule is CCOC1=C2[C@@H](CN(S(=O)(=O)c3ccc(C)cc3)[C@H]2c2ccccc2F)[C@H]2C(=O)N(c3ccccc3)C(=O)[C@H]2C1. The molecule has 6 rings (SSSR count). The molecule has 4 atom stereocenters. The highest BCUT2D eigenvalue weighted by atomic mass is 32.2. The van der Waals surface area contributed by atoms with E-state index in [-0.39, 0.29) is 41.8 Å². The van der Waals surface area contributed by atoms with Gasteiger partial charge in [-0.05, 0) is 49.8 Å². The van der Waals surface area contributed by atoms with Crippen LogP contribution in [0.3, 0.4) is 0 Å². The van der Waals surface area contributed by atoms with E-state index in [1.54, 1.807) is 67.6 Å². The fourth-order valence-electron chi connectivity index (χ4n) is 6.41. The molecule has 3 aliphatic rings. The number of allylic oxidation sites excluding steroid dienone is 1. The molecule has 7 nitrogen and oxygen atoms in total. The van der Waals surface area contributed by atoms with Crippen LogP contribution in [0.15, 0.2) is 95.1 Å². The Morgan fingerprint density at radius 3 is 2.25 bits per heavy atom. The number of nitrogens with zero attached hydrogens (tertiary/aromatic N) is 2. The number of hydrogen-bond donors (Lipinski definition) is 0. The molecule has 3 aromatic rings. The van der Waals surface area contributed by atoms with E-state index in [1.807, 2.05) is 6.92 Å². The Morgan fingerprint density at radius 2 is 1.57 bits per heavy atom. The van der Waals surface area contributed by atoms with E-state index in [0.29, 0.717) is 17.0 Å². The van der Waals surface area contributed by atoms with Gasteiger partial charge in [-0.1, -0.05) is 54.1 Å². The number of sulfonamides is 1. The van der Waals surface area contributed by atoms with Crippen LogP contribution in [0.4, 0.5) is 10.1 Å². The molecule has 0 spiro atoms. The van der Waals surface area contributed by atoms with E-state index >= 15 is 4.39 Å². The third-order valence-corrected chi connectivity index (χ3v) is 10.0. The van der Waals surface area contributed by atoms with Crippen molar-refractivity contribution in [2.75, 3.05) is 18.1 Å². The summed E-state index contributed by atoms with van der Waals surface area (Å²) < 4.78 is 51.0. The fourth-order valence-corrected chi connectivity index (χ4v) is 8.02. The van der Waals surface area contributed by atoms with Crippen molar-refractivity contribution in [3.05, 3.63) is 107 Å². The van der Waals surface area contributed by atoms with Crippen molar-refractivity contribution in [1.29, 1.82) is 0 Å². The van der Waals surface area contributed by atoms with Crippen molar-refractivity contribution < 1.29 is 27.1 Å². The first-order valence-corrected chi connectivity index (χ1v) is 14.8. The third-order valence-electron chi connectivity index (χ3n) is 8.16. The Bertz CT molecular complexity index is 1620. The summed E-state index contributed by atoms with van der Waals surface area (Å²) in [6, 6.07) is 20.3. The third kappa shape index (κ3) is 4.07. The van der Waals surface area contributed by atoms with Crippen molar-refractivity contribution in [2.45, 2.75) is 31.2 Å². The van der Waals surface area contributed by atoms with Gasteiger partial charge in [0.15, 0.2) is 0 Å². The van der Waals surface area contributed by atoms with Crippen LogP contribution in [0.1, 0.15) is 30.5 Å². The normalized spacial score (nSPS) is 24.8. The Morgan fingerprint density at radius 1 is 0.900 bits per heavy atom. The maximum atomic E-state index is 15.4. The summed E-state index contributed by atoms with van der Waals surface area (Å²) >= 11 is 0. The number of imide groups is 1. The Labute approximate surface area is 232 Å². The van der Waals surface area contributed by atoms with Crippen LogP contribution in [0.5, 0.6) is 0 Å². The summed E-state index contributed by atoms with van der Waals surface area (Å²) in [7, 11) is -4.12. The highest BCUT2D eigenvalue weighted by molar-refractivity contribution is 7.89. The number of fused-ring (bicyclic) bond motifs is 3. The monoisotopic (exact) mass is 560 g/mol. The first-order valence-electron chi connectivity index (χ1n) is 13.4. The highest BCUT2D eigenvalue weighted by Crippen LogP contribution is 2.56. The van der Waals surface area contributed by atoms with Gasteiger partial charge in [0.25, 0.3) is 0 Å². The fraction of sp³-hybridized carbons (Fsp3) is 0.290. The molecule has 0 bridgehead atoms. The topological polar surface area (TPSA) is 84.0 Å². The maximum absolute atomic E-state index is 15.4. The van der Waals surface area contributed by atoms with Gasteiger partial charge in [0, 0.05) is 24.4 Å². The molecule has 3 aromatic carbocycles. The van der Waals surface area contributed by atoms with Gasteiger partial charge in [0.2, 0.25) is 21.8 Å². The zero-order valence-electron chi connectivity index (χ0n) is 22.2. The molecule has 2 saturated heterocycles. The summed E-state index contributed by atoms with van der Waals surface area (Å²) in [6.45, 7) is 3.87. The van der Waals surface area contributed by atoms with Crippen molar-refractivity contribution in [3.8, 4) is 0 Å². The molecule has 2 fully saturated rings. The van der Waals surface area contributed by atoms with Gasteiger partial charge < -0.3 is 4.74 Å². The lowest BCUT2D eigenvalue weighted by molar-refractivity contribution is -0.122. The second-order valence-corrected chi connectivity index (χ2v) is 12.3. The van der Waals surface area contributed by atoms with E-state index < -0.39 is 39.6 Å². The molecule has 2 amide bonds. The predicted molar refractivity (Wildman–Crippen MR) is 147 cm³/mol. The molecule has 0 aromatic heterocycles. The first-order chi connectivity index (χ1) is 19.2. The van der Waals surface area contributed by atoms with E-state index in [1.165, 1.54) is 27.4 Å². The molecule has 0 N–H and O–H groups in total. The number of amides is 2. The standard InChI is InChI=1S/C31H29FN2O5S/c1-3-39-26-17-23-27(31(36)34(30(23)35)20-9-5-4-6-10-20)24-18-33(40(37,38)21-15-13-19(2)14-16-21)29(28(24)26)22-11-7-8-12-25(22)32/h4-16,23-24,27,29H,3,17-18H2,1-2H3/t23-,24-,27-,29-/m0/s1. The highest BCUT2D eigenvalue weighted by Gasteiger charge is 2.61. The smallest absolute Gasteiger partial charge is 0.243 e. The Hall–Kier alpha value is -3.82. The lowest BCUT2D eigenvalue weighted by atomic mass is 9.71. The molecular formula is C31H29FN2O5S. The van der Waals surface area contributed by atoms with Gasteiger partial charge in [-0.3, -0.25) is 14.5 Å². The van der Waals surface area contributed by atoms with E-state index in [0.717, 1.165) is 5.56 Å². The number of rotatable bonds is 6. The van der Waals surface area contributed by atoms with Crippen molar-refractivity contribution in [2.24, 2.45) is 17.8 Å². The molecule has 2 aliphatic heterocycles. The van der Waals surface area contributed by atoms with E-state index in [4.69, 9.17) is 4.74 Å². The zero-order chi connectivity index (χ0) is 28.2. The van der Waals surface area contributed by atoms with Crippen LogP contribution in [-0.2, 0) is 24.3 Å². The van der Waals surface area contributed by atoms with Gasteiger partial charge in [-0.15, -0.1) is 0 Å². The van der Waals surface area contributed by atoms with E-state index in [9.17, 15) is 18.0 Å². The molecule has 0 saturated carbocycles. The minimum absolute atomic E-state index is 0.0768. The van der Waals surface area contributed by atoms with Gasteiger partial charge in [-0.25, -0.2) is 12.8 Å².